The second-order valence-electron chi connectivity index (χ2n) is 1.91. The van der Waals surface area contributed by atoms with Gasteiger partial charge in [0.2, 0.25) is 5.82 Å². The smallest absolute Gasteiger partial charge is 0.374 e. The molecule has 0 saturated carbocycles. The molecule has 5 nitrogen and oxygen atoms in total. The van der Waals surface area contributed by atoms with Gasteiger partial charge in [0.15, 0.2) is 0 Å². The second-order valence-corrected chi connectivity index (χ2v) is 1.91. The summed E-state index contributed by atoms with van der Waals surface area (Å²) in [5, 5.41) is 0. The molecular formula is C6H10BrN3O2. The van der Waals surface area contributed by atoms with Crippen LogP contribution in [0.15, 0.2) is 6.20 Å². The normalized spacial score (nSPS) is 8.75. The summed E-state index contributed by atoms with van der Waals surface area (Å²) in [6.07, 6.45) is 1.37. The number of nitrogens with zero attached hydrogens (tertiary/aromatic N) is 1. The number of aromatic nitrogens is 2. The van der Waals surface area contributed by atoms with Crippen LogP contribution < -0.4 is 5.73 Å². The summed E-state index contributed by atoms with van der Waals surface area (Å²) in [7, 11) is 0. The SMILES string of the molecule is Br.CCOC(=O)c1ncc(N)[nH]1. The van der Waals surface area contributed by atoms with Crippen molar-refractivity contribution in [2.45, 2.75) is 6.92 Å². The van der Waals surface area contributed by atoms with Gasteiger partial charge >= 0.3 is 5.97 Å². The highest BCUT2D eigenvalue weighted by molar-refractivity contribution is 8.93. The van der Waals surface area contributed by atoms with Crippen LogP contribution in [0.3, 0.4) is 0 Å². The predicted octanol–water partition coefficient (Wildman–Crippen LogP) is 0.746. The fourth-order valence-electron chi connectivity index (χ4n) is 0.639. The minimum absolute atomic E-state index is 0. The van der Waals surface area contributed by atoms with Crippen molar-refractivity contribution in [3.8, 4) is 0 Å². The summed E-state index contributed by atoms with van der Waals surface area (Å²) >= 11 is 0. The van der Waals surface area contributed by atoms with E-state index in [4.69, 9.17) is 5.73 Å². The maximum absolute atomic E-state index is 10.9. The molecule has 0 saturated heterocycles. The van der Waals surface area contributed by atoms with E-state index in [-0.39, 0.29) is 22.8 Å². The first-order valence-electron chi connectivity index (χ1n) is 3.21. The van der Waals surface area contributed by atoms with E-state index in [1.165, 1.54) is 6.20 Å². The summed E-state index contributed by atoms with van der Waals surface area (Å²) in [6.45, 7) is 2.06. The Balaban J connectivity index is 0.00000121. The van der Waals surface area contributed by atoms with Crippen LogP contribution in [0.5, 0.6) is 0 Å². The number of aromatic amines is 1. The van der Waals surface area contributed by atoms with Crippen molar-refractivity contribution in [1.29, 1.82) is 0 Å². The number of anilines is 1. The van der Waals surface area contributed by atoms with Crippen LogP contribution in [0.25, 0.3) is 0 Å². The predicted molar refractivity (Wildman–Crippen MR) is 49.3 cm³/mol. The fourth-order valence-corrected chi connectivity index (χ4v) is 0.639. The number of H-pyrrole nitrogens is 1. The fraction of sp³-hybridized carbons (Fsp3) is 0.333. The Bertz CT molecular complexity index is 261. The second kappa shape index (κ2) is 4.76. The quantitative estimate of drug-likeness (QED) is 0.742. The molecule has 0 aliphatic rings. The van der Waals surface area contributed by atoms with Gasteiger partial charge in [0.25, 0.3) is 0 Å². The van der Waals surface area contributed by atoms with Gasteiger partial charge in [-0.1, -0.05) is 0 Å². The van der Waals surface area contributed by atoms with Gasteiger partial charge in [0, 0.05) is 0 Å². The van der Waals surface area contributed by atoms with Crippen molar-refractivity contribution >= 4 is 28.8 Å². The largest absolute Gasteiger partial charge is 0.460 e. The van der Waals surface area contributed by atoms with Crippen LogP contribution in [0.1, 0.15) is 17.5 Å². The van der Waals surface area contributed by atoms with E-state index >= 15 is 0 Å². The van der Waals surface area contributed by atoms with Gasteiger partial charge in [-0.25, -0.2) is 9.78 Å². The topological polar surface area (TPSA) is 81.0 Å². The van der Waals surface area contributed by atoms with Crippen LogP contribution in [0.4, 0.5) is 5.82 Å². The molecule has 1 rings (SSSR count). The number of rotatable bonds is 2. The summed E-state index contributed by atoms with van der Waals surface area (Å²) in [6, 6.07) is 0. The number of halogens is 1. The summed E-state index contributed by atoms with van der Waals surface area (Å²) < 4.78 is 4.65. The minimum Gasteiger partial charge on any atom is -0.460 e. The number of ether oxygens (including phenoxy) is 1. The van der Waals surface area contributed by atoms with Crippen LogP contribution in [0.2, 0.25) is 0 Å². The molecule has 0 radical (unpaired) electrons. The summed E-state index contributed by atoms with van der Waals surface area (Å²) in [4.78, 5) is 17.1. The van der Waals surface area contributed by atoms with Crippen molar-refractivity contribution in [3.63, 3.8) is 0 Å². The molecule has 0 aliphatic heterocycles. The number of esters is 1. The molecule has 12 heavy (non-hydrogen) atoms. The molecule has 0 amide bonds. The molecule has 0 aliphatic carbocycles. The van der Waals surface area contributed by atoms with Crippen LogP contribution in [-0.2, 0) is 4.74 Å². The average molecular weight is 236 g/mol. The maximum Gasteiger partial charge on any atom is 0.374 e. The number of carbonyl (C=O) groups excluding carboxylic acids is 1. The van der Waals surface area contributed by atoms with E-state index in [9.17, 15) is 4.79 Å². The highest BCUT2D eigenvalue weighted by Gasteiger charge is 2.08. The number of nitrogens with one attached hydrogen (secondary N) is 1. The number of nitrogens with two attached hydrogens (primary N) is 1. The highest BCUT2D eigenvalue weighted by atomic mass is 79.9. The Hall–Kier alpha value is -1.04. The third kappa shape index (κ3) is 2.54. The minimum atomic E-state index is -0.482. The molecule has 68 valence electrons. The van der Waals surface area contributed by atoms with Gasteiger partial charge in [0.1, 0.15) is 5.82 Å². The third-order valence-electron chi connectivity index (χ3n) is 1.06. The molecule has 3 N–H and O–H groups in total. The van der Waals surface area contributed by atoms with Gasteiger partial charge < -0.3 is 15.5 Å². The molecule has 6 heteroatoms. The Morgan fingerprint density at radius 2 is 2.50 bits per heavy atom. The first-order chi connectivity index (χ1) is 5.24. The first-order valence-corrected chi connectivity index (χ1v) is 3.21. The number of nitrogen functional groups attached to an aromatic ring is 1. The lowest BCUT2D eigenvalue weighted by atomic mass is 10.6. The molecular weight excluding hydrogens is 226 g/mol. The van der Waals surface area contributed by atoms with E-state index in [0.717, 1.165) is 0 Å². The number of hydrogen-bond acceptors (Lipinski definition) is 4. The molecule has 0 atom stereocenters. The van der Waals surface area contributed by atoms with Crippen LogP contribution >= 0.6 is 17.0 Å². The van der Waals surface area contributed by atoms with Crippen molar-refractivity contribution in [2.24, 2.45) is 0 Å². The van der Waals surface area contributed by atoms with Crippen LogP contribution in [0, 0.1) is 0 Å². The lowest BCUT2D eigenvalue weighted by Crippen LogP contribution is -2.06. The molecule has 0 aromatic carbocycles. The Labute approximate surface area is 80.1 Å². The van der Waals surface area contributed by atoms with Gasteiger partial charge in [-0.2, -0.15) is 0 Å². The zero-order valence-corrected chi connectivity index (χ0v) is 8.25. The zero-order chi connectivity index (χ0) is 8.27. The maximum atomic E-state index is 10.9. The van der Waals surface area contributed by atoms with Gasteiger partial charge in [-0.3, -0.25) is 0 Å². The van der Waals surface area contributed by atoms with E-state index in [2.05, 4.69) is 14.7 Å². The molecule has 1 aromatic heterocycles. The number of hydrogen-bond donors (Lipinski definition) is 2. The zero-order valence-electron chi connectivity index (χ0n) is 6.53. The van der Waals surface area contributed by atoms with Gasteiger partial charge in [-0.15, -0.1) is 17.0 Å². The van der Waals surface area contributed by atoms with Gasteiger partial charge in [-0.05, 0) is 6.92 Å². The monoisotopic (exact) mass is 235 g/mol. The lowest BCUT2D eigenvalue weighted by molar-refractivity contribution is 0.0513. The van der Waals surface area contributed by atoms with Gasteiger partial charge in [0.05, 0.1) is 12.8 Å². The summed E-state index contributed by atoms with van der Waals surface area (Å²) in [5.74, 6) is 0.0154. The van der Waals surface area contributed by atoms with E-state index in [1.54, 1.807) is 6.92 Å². The average Bonchev–Trinajstić information content (AvgIpc) is 2.36. The van der Waals surface area contributed by atoms with E-state index in [1.807, 2.05) is 0 Å². The third-order valence-corrected chi connectivity index (χ3v) is 1.06. The molecule has 0 unspecified atom stereocenters. The van der Waals surface area contributed by atoms with E-state index in [0.29, 0.717) is 12.4 Å². The van der Waals surface area contributed by atoms with Crippen molar-refractivity contribution < 1.29 is 9.53 Å². The van der Waals surface area contributed by atoms with Crippen molar-refractivity contribution in [1.82, 2.24) is 9.97 Å². The molecule has 0 fully saturated rings. The van der Waals surface area contributed by atoms with Crippen LogP contribution in [-0.4, -0.2) is 22.5 Å². The highest BCUT2D eigenvalue weighted by Crippen LogP contribution is 1.98. The Morgan fingerprint density at radius 1 is 1.83 bits per heavy atom. The molecule has 1 heterocycles. The molecule has 0 bridgehead atoms. The number of imidazole rings is 1. The van der Waals surface area contributed by atoms with Crippen molar-refractivity contribution in [2.75, 3.05) is 12.3 Å². The number of carbonyl (C=O) groups is 1. The Kier molecular flexibility index (Phi) is 4.35. The lowest BCUT2D eigenvalue weighted by Gasteiger charge is -1.95. The Morgan fingerprint density at radius 3 is 2.92 bits per heavy atom. The standard InChI is InChI=1S/C6H9N3O2.BrH/c1-2-11-6(10)5-8-3-4(7)9-5;/h3H,2,7H2,1H3,(H,8,9);1H. The van der Waals surface area contributed by atoms with Crippen molar-refractivity contribution in [3.05, 3.63) is 12.0 Å². The van der Waals surface area contributed by atoms with E-state index < -0.39 is 5.97 Å². The molecule has 1 aromatic rings. The first kappa shape index (κ1) is 11.0. The molecule has 0 spiro atoms. The summed E-state index contributed by atoms with van der Waals surface area (Å²) in [5.41, 5.74) is 5.29.